The van der Waals surface area contributed by atoms with E-state index in [1.54, 1.807) is 4.90 Å². The number of amides is 2. The molecule has 35 heavy (non-hydrogen) atoms. The molecule has 2 aliphatic heterocycles. The zero-order chi connectivity index (χ0) is 25.2. The van der Waals surface area contributed by atoms with Crippen LogP contribution in [0.5, 0.6) is 0 Å². The fourth-order valence-electron chi connectivity index (χ4n) is 4.80. The lowest BCUT2D eigenvalue weighted by Gasteiger charge is -2.36. The first-order chi connectivity index (χ1) is 16.6. The SMILES string of the molecule is Cc1ccc(CN2CCc3cc(NC(=O)[C@H]4CCCCN4C(=O)OC(C)(C)C)cc(Cl)c3C2)cc1. The molecule has 7 heteroatoms. The number of halogens is 1. The van der Waals surface area contributed by atoms with Crippen molar-refractivity contribution in [2.24, 2.45) is 0 Å². The Hall–Kier alpha value is -2.57. The van der Waals surface area contributed by atoms with E-state index >= 15 is 0 Å². The fraction of sp³-hybridized carbons (Fsp3) is 0.500. The summed E-state index contributed by atoms with van der Waals surface area (Å²) in [5.74, 6) is -0.191. The van der Waals surface area contributed by atoms with Crippen LogP contribution in [-0.4, -0.2) is 46.5 Å². The number of nitrogens with zero attached hydrogens (tertiary/aromatic N) is 2. The van der Waals surface area contributed by atoms with Crippen LogP contribution in [0.3, 0.4) is 0 Å². The van der Waals surface area contributed by atoms with Crippen molar-refractivity contribution in [2.45, 2.75) is 78.1 Å². The molecule has 4 rings (SSSR count). The predicted octanol–water partition coefficient (Wildman–Crippen LogP) is 5.93. The molecular weight excluding hydrogens is 462 g/mol. The Morgan fingerprint density at radius 3 is 2.57 bits per heavy atom. The van der Waals surface area contributed by atoms with Gasteiger partial charge in [-0.3, -0.25) is 14.6 Å². The van der Waals surface area contributed by atoms with Crippen LogP contribution >= 0.6 is 11.6 Å². The van der Waals surface area contributed by atoms with Crippen LogP contribution in [0.25, 0.3) is 0 Å². The Bertz CT molecular complexity index is 1080. The Balaban J connectivity index is 1.43. The summed E-state index contributed by atoms with van der Waals surface area (Å²) in [4.78, 5) is 29.9. The number of rotatable bonds is 4. The predicted molar refractivity (Wildman–Crippen MR) is 140 cm³/mol. The number of benzene rings is 2. The minimum Gasteiger partial charge on any atom is -0.444 e. The number of hydrogen-bond donors (Lipinski definition) is 1. The molecule has 2 amide bonds. The maximum absolute atomic E-state index is 13.2. The largest absolute Gasteiger partial charge is 0.444 e. The number of carbonyl (C=O) groups excluding carboxylic acids is 2. The van der Waals surface area contributed by atoms with Gasteiger partial charge in [-0.15, -0.1) is 0 Å². The number of piperidine rings is 1. The lowest BCUT2D eigenvalue weighted by Crippen LogP contribution is -2.51. The number of nitrogens with one attached hydrogen (secondary N) is 1. The number of aryl methyl sites for hydroxylation is 1. The van der Waals surface area contributed by atoms with Crippen molar-refractivity contribution in [3.63, 3.8) is 0 Å². The van der Waals surface area contributed by atoms with E-state index in [4.69, 9.17) is 16.3 Å². The molecule has 2 heterocycles. The van der Waals surface area contributed by atoms with Gasteiger partial charge in [0.05, 0.1) is 0 Å². The van der Waals surface area contributed by atoms with Gasteiger partial charge >= 0.3 is 6.09 Å². The van der Waals surface area contributed by atoms with Gasteiger partial charge in [0, 0.05) is 36.9 Å². The maximum Gasteiger partial charge on any atom is 0.410 e. The van der Waals surface area contributed by atoms with Crippen LogP contribution < -0.4 is 5.32 Å². The van der Waals surface area contributed by atoms with Crippen LogP contribution in [0.1, 0.15) is 62.3 Å². The maximum atomic E-state index is 13.2. The van der Waals surface area contributed by atoms with Crippen molar-refractivity contribution in [3.8, 4) is 0 Å². The third-order valence-corrected chi connectivity index (χ3v) is 6.93. The Kier molecular flexibility index (Phi) is 7.72. The Morgan fingerprint density at radius 2 is 1.86 bits per heavy atom. The van der Waals surface area contributed by atoms with Gasteiger partial charge in [-0.05, 0) is 82.2 Å². The van der Waals surface area contributed by atoms with Crippen molar-refractivity contribution in [2.75, 3.05) is 18.4 Å². The minimum atomic E-state index is -0.602. The van der Waals surface area contributed by atoms with E-state index < -0.39 is 17.7 Å². The molecule has 1 fully saturated rings. The lowest BCUT2D eigenvalue weighted by molar-refractivity contribution is -0.122. The van der Waals surface area contributed by atoms with Gasteiger partial charge in [-0.25, -0.2) is 4.79 Å². The third-order valence-electron chi connectivity index (χ3n) is 6.59. The number of ether oxygens (including phenoxy) is 1. The van der Waals surface area contributed by atoms with Crippen molar-refractivity contribution >= 4 is 29.3 Å². The highest BCUT2D eigenvalue weighted by atomic mass is 35.5. The van der Waals surface area contributed by atoms with E-state index in [1.165, 1.54) is 16.7 Å². The third kappa shape index (κ3) is 6.56. The number of carbonyl (C=O) groups is 2. The van der Waals surface area contributed by atoms with E-state index in [9.17, 15) is 9.59 Å². The van der Waals surface area contributed by atoms with Crippen LogP contribution in [-0.2, 0) is 29.0 Å². The first kappa shape index (κ1) is 25.5. The highest BCUT2D eigenvalue weighted by molar-refractivity contribution is 6.31. The van der Waals surface area contributed by atoms with Crippen molar-refractivity contribution in [3.05, 3.63) is 63.7 Å². The van der Waals surface area contributed by atoms with Crippen molar-refractivity contribution in [1.29, 1.82) is 0 Å². The van der Waals surface area contributed by atoms with Crippen LogP contribution in [0, 0.1) is 6.92 Å². The molecule has 0 aromatic heterocycles. The molecule has 0 bridgehead atoms. The summed E-state index contributed by atoms with van der Waals surface area (Å²) in [6.45, 7) is 10.7. The van der Waals surface area contributed by atoms with Crippen LogP contribution in [0.2, 0.25) is 5.02 Å². The van der Waals surface area contributed by atoms with Gasteiger partial charge in [0.25, 0.3) is 0 Å². The standard InChI is InChI=1S/C28H36ClN3O3/c1-19-8-10-20(11-9-19)17-31-14-12-21-15-22(16-24(29)23(21)18-31)30-26(33)25-7-5-6-13-32(25)27(34)35-28(2,3)4/h8-11,15-16,25H,5-7,12-14,17-18H2,1-4H3,(H,30,33)/t25-/m1/s1. The average Bonchev–Trinajstić information content (AvgIpc) is 2.80. The highest BCUT2D eigenvalue weighted by Crippen LogP contribution is 2.31. The van der Waals surface area contributed by atoms with Gasteiger partial charge in [0.1, 0.15) is 11.6 Å². The molecule has 6 nitrogen and oxygen atoms in total. The smallest absolute Gasteiger partial charge is 0.410 e. The molecule has 1 atom stereocenters. The summed E-state index contributed by atoms with van der Waals surface area (Å²) in [5, 5.41) is 3.69. The van der Waals surface area contributed by atoms with E-state index in [0.29, 0.717) is 23.7 Å². The fourth-order valence-corrected chi connectivity index (χ4v) is 5.10. The summed E-state index contributed by atoms with van der Waals surface area (Å²) < 4.78 is 5.54. The summed E-state index contributed by atoms with van der Waals surface area (Å²) in [7, 11) is 0. The van der Waals surface area contributed by atoms with Gasteiger partial charge < -0.3 is 10.1 Å². The molecule has 2 aromatic carbocycles. The number of anilines is 1. The summed E-state index contributed by atoms with van der Waals surface area (Å²) >= 11 is 6.69. The molecule has 0 aliphatic carbocycles. The second-order valence-corrected chi connectivity index (χ2v) is 11.1. The lowest BCUT2D eigenvalue weighted by atomic mass is 9.97. The minimum absolute atomic E-state index is 0.191. The monoisotopic (exact) mass is 497 g/mol. The molecule has 0 spiro atoms. The van der Waals surface area contributed by atoms with Crippen LogP contribution in [0.15, 0.2) is 36.4 Å². The number of fused-ring (bicyclic) bond motifs is 1. The molecule has 0 unspecified atom stereocenters. The molecular formula is C28H36ClN3O3. The second kappa shape index (κ2) is 10.6. The topological polar surface area (TPSA) is 61.9 Å². The van der Waals surface area contributed by atoms with E-state index in [1.807, 2.05) is 32.9 Å². The molecule has 1 N–H and O–H groups in total. The first-order valence-electron chi connectivity index (χ1n) is 12.5. The summed E-state index contributed by atoms with van der Waals surface area (Å²) in [6.07, 6.45) is 2.83. The number of hydrogen-bond acceptors (Lipinski definition) is 4. The normalized spacial score (nSPS) is 18.7. The summed E-state index contributed by atoms with van der Waals surface area (Å²) in [6, 6.07) is 12.0. The Labute approximate surface area is 213 Å². The highest BCUT2D eigenvalue weighted by Gasteiger charge is 2.35. The van der Waals surface area contributed by atoms with Gasteiger partial charge in [-0.2, -0.15) is 0 Å². The van der Waals surface area contributed by atoms with Crippen LogP contribution in [0.4, 0.5) is 10.5 Å². The zero-order valence-electron chi connectivity index (χ0n) is 21.2. The second-order valence-electron chi connectivity index (χ2n) is 10.7. The molecule has 2 aliphatic rings. The van der Waals surface area contributed by atoms with Gasteiger partial charge in [0.2, 0.25) is 5.91 Å². The molecule has 188 valence electrons. The van der Waals surface area contributed by atoms with Gasteiger partial charge in [-0.1, -0.05) is 41.4 Å². The zero-order valence-corrected chi connectivity index (χ0v) is 22.0. The Morgan fingerprint density at radius 1 is 1.11 bits per heavy atom. The van der Waals surface area contributed by atoms with E-state index in [2.05, 4.69) is 41.4 Å². The summed E-state index contributed by atoms with van der Waals surface area (Å²) in [5.41, 5.74) is 4.92. The van der Waals surface area contributed by atoms with E-state index in [-0.39, 0.29) is 5.91 Å². The molecule has 1 saturated heterocycles. The van der Waals surface area contributed by atoms with Gasteiger partial charge in [0.15, 0.2) is 0 Å². The quantitative estimate of drug-likeness (QED) is 0.568. The number of likely N-dealkylation sites (tertiary alicyclic amines) is 1. The molecule has 0 saturated carbocycles. The van der Waals surface area contributed by atoms with Crippen molar-refractivity contribution < 1.29 is 14.3 Å². The average molecular weight is 498 g/mol. The molecule has 0 radical (unpaired) electrons. The van der Waals surface area contributed by atoms with Crippen molar-refractivity contribution in [1.82, 2.24) is 9.80 Å². The van der Waals surface area contributed by atoms with E-state index in [0.717, 1.165) is 44.5 Å². The first-order valence-corrected chi connectivity index (χ1v) is 12.9. The molecule has 2 aromatic rings.